The van der Waals surface area contributed by atoms with Crippen molar-refractivity contribution in [3.63, 3.8) is 0 Å². The summed E-state index contributed by atoms with van der Waals surface area (Å²) in [6, 6.07) is 5.95. The van der Waals surface area contributed by atoms with Crippen LogP contribution in [0.4, 0.5) is 11.6 Å². The maximum atomic E-state index is 4.47. The molecule has 0 aromatic carbocycles. The van der Waals surface area contributed by atoms with E-state index in [9.17, 15) is 0 Å². The van der Waals surface area contributed by atoms with E-state index in [0.29, 0.717) is 0 Å². The van der Waals surface area contributed by atoms with Gasteiger partial charge in [-0.1, -0.05) is 6.07 Å². The Balaban J connectivity index is 2.01. The molecule has 0 spiro atoms. The first kappa shape index (κ1) is 10.9. The zero-order chi connectivity index (χ0) is 11.4. The molecule has 0 amide bonds. The van der Waals surface area contributed by atoms with Crippen molar-refractivity contribution in [1.29, 1.82) is 0 Å². The molecule has 0 saturated heterocycles. The second-order valence-electron chi connectivity index (χ2n) is 3.60. The van der Waals surface area contributed by atoms with Gasteiger partial charge < -0.3 is 10.2 Å². The first-order chi connectivity index (χ1) is 7.75. The number of nitrogens with zero attached hydrogens (tertiary/aromatic N) is 3. The molecule has 1 N–H and O–H groups in total. The van der Waals surface area contributed by atoms with Gasteiger partial charge in [0, 0.05) is 25.2 Å². The van der Waals surface area contributed by atoms with Crippen LogP contribution in [0.1, 0.15) is 4.88 Å². The largest absolute Gasteiger partial charge is 0.365 e. The number of rotatable bonds is 4. The van der Waals surface area contributed by atoms with Crippen molar-refractivity contribution in [3.05, 3.63) is 34.8 Å². The third-order valence-corrected chi connectivity index (χ3v) is 2.90. The topological polar surface area (TPSA) is 41.0 Å². The minimum atomic E-state index is 0.772. The first-order valence-electron chi connectivity index (χ1n) is 5.01. The third-order valence-electron chi connectivity index (χ3n) is 2.12. The van der Waals surface area contributed by atoms with Crippen molar-refractivity contribution in [3.8, 4) is 0 Å². The minimum absolute atomic E-state index is 0.772. The fourth-order valence-electron chi connectivity index (χ4n) is 1.28. The van der Waals surface area contributed by atoms with Gasteiger partial charge in [-0.25, -0.2) is 4.98 Å². The van der Waals surface area contributed by atoms with Crippen LogP contribution in [0.5, 0.6) is 0 Å². The highest BCUT2D eigenvalue weighted by molar-refractivity contribution is 7.09. The number of anilines is 2. The van der Waals surface area contributed by atoms with E-state index in [2.05, 4.69) is 15.3 Å². The van der Waals surface area contributed by atoms with Gasteiger partial charge in [0.1, 0.15) is 11.6 Å². The number of pyridine rings is 1. The summed E-state index contributed by atoms with van der Waals surface area (Å²) >= 11 is 1.64. The normalized spacial score (nSPS) is 10.1. The molecule has 0 radical (unpaired) electrons. The molecule has 0 atom stereocenters. The van der Waals surface area contributed by atoms with E-state index >= 15 is 0 Å². The van der Waals surface area contributed by atoms with Crippen molar-refractivity contribution in [1.82, 2.24) is 9.97 Å². The second-order valence-corrected chi connectivity index (χ2v) is 4.57. The van der Waals surface area contributed by atoms with Crippen molar-refractivity contribution >= 4 is 23.0 Å². The van der Waals surface area contributed by atoms with E-state index < -0.39 is 0 Å². The Labute approximate surface area is 99.0 Å². The lowest BCUT2D eigenvalue weighted by atomic mass is 10.4. The highest BCUT2D eigenvalue weighted by Crippen LogP contribution is 2.13. The molecule has 2 rings (SSSR count). The van der Waals surface area contributed by atoms with Gasteiger partial charge in [-0.15, -0.1) is 11.3 Å². The SMILES string of the molecule is CN(C)c1cccc(NCc2cncs2)n1. The number of aromatic nitrogens is 2. The molecule has 0 bridgehead atoms. The Morgan fingerprint density at radius 2 is 2.25 bits per heavy atom. The van der Waals surface area contributed by atoms with E-state index in [4.69, 9.17) is 0 Å². The quantitative estimate of drug-likeness (QED) is 0.880. The zero-order valence-electron chi connectivity index (χ0n) is 9.34. The number of hydrogen-bond donors (Lipinski definition) is 1. The third kappa shape index (κ3) is 2.70. The lowest BCUT2D eigenvalue weighted by Crippen LogP contribution is -2.11. The molecule has 0 fully saturated rings. The minimum Gasteiger partial charge on any atom is -0.365 e. The van der Waals surface area contributed by atoms with Gasteiger partial charge in [0.15, 0.2) is 0 Å². The fraction of sp³-hybridized carbons (Fsp3) is 0.273. The molecule has 0 aliphatic rings. The van der Waals surface area contributed by atoms with Crippen molar-refractivity contribution < 1.29 is 0 Å². The molecule has 4 nitrogen and oxygen atoms in total. The van der Waals surface area contributed by atoms with E-state index in [1.165, 1.54) is 4.88 Å². The summed E-state index contributed by atoms with van der Waals surface area (Å²) in [5.74, 6) is 1.84. The molecule has 0 saturated carbocycles. The molecule has 0 aliphatic heterocycles. The summed E-state index contributed by atoms with van der Waals surface area (Å²) in [5, 5.41) is 3.27. The standard InChI is InChI=1S/C11H14N4S/c1-15(2)11-5-3-4-10(14-11)13-7-9-6-12-8-16-9/h3-6,8H,7H2,1-2H3,(H,13,14). The molecule has 0 unspecified atom stereocenters. The average Bonchev–Trinajstić information content (AvgIpc) is 2.79. The predicted octanol–water partition coefficient (Wildman–Crippen LogP) is 2.22. The van der Waals surface area contributed by atoms with Gasteiger partial charge in [0.2, 0.25) is 0 Å². The molecule has 16 heavy (non-hydrogen) atoms. The molecule has 5 heteroatoms. The van der Waals surface area contributed by atoms with Gasteiger partial charge in [0.05, 0.1) is 12.1 Å². The fourth-order valence-corrected chi connectivity index (χ4v) is 1.81. The van der Waals surface area contributed by atoms with Crippen LogP contribution in [0.15, 0.2) is 29.9 Å². The van der Waals surface area contributed by atoms with Gasteiger partial charge in [-0.05, 0) is 12.1 Å². The Kier molecular flexibility index (Phi) is 3.36. The van der Waals surface area contributed by atoms with Gasteiger partial charge in [0.25, 0.3) is 0 Å². The Morgan fingerprint density at radius 1 is 1.38 bits per heavy atom. The Hall–Kier alpha value is -1.62. The van der Waals surface area contributed by atoms with Crippen molar-refractivity contribution in [2.75, 3.05) is 24.3 Å². The van der Waals surface area contributed by atoms with Crippen molar-refractivity contribution in [2.45, 2.75) is 6.54 Å². The molecule has 84 valence electrons. The molecule has 2 heterocycles. The van der Waals surface area contributed by atoms with Crippen LogP contribution < -0.4 is 10.2 Å². The van der Waals surface area contributed by atoms with E-state index in [1.54, 1.807) is 11.3 Å². The van der Waals surface area contributed by atoms with E-state index in [1.807, 2.05) is 48.9 Å². The van der Waals surface area contributed by atoms with Crippen LogP contribution in [0.25, 0.3) is 0 Å². The van der Waals surface area contributed by atoms with Crippen LogP contribution in [0.3, 0.4) is 0 Å². The molecular formula is C11H14N4S. The summed E-state index contributed by atoms with van der Waals surface area (Å²) in [7, 11) is 3.96. The summed E-state index contributed by atoms with van der Waals surface area (Å²) in [6.07, 6.45) is 1.87. The monoisotopic (exact) mass is 234 g/mol. The number of thiazole rings is 1. The Bertz CT molecular complexity index is 439. The van der Waals surface area contributed by atoms with Crippen LogP contribution in [-0.4, -0.2) is 24.1 Å². The maximum absolute atomic E-state index is 4.47. The van der Waals surface area contributed by atoms with Gasteiger partial charge in [-0.2, -0.15) is 0 Å². The van der Waals surface area contributed by atoms with Gasteiger partial charge in [-0.3, -0.25) is 4.98 Å². The molecular weight excluding hydrogens is 220 g/mol. The van der Waals surface area contributed by atoms with E-state index in [0.717, 1.165) is 18.2 Å². The van der Waals surface area contributed by atoms with Crippen LogP contribution >= 0.6 is 11.3 Å². The maximum Gasteiger partial charge on any atom is 0.130 e. The van der Waals surface area contributed by atoms with Crippen molar-refractivity contribution in [2.24, 2.45) is 0 Å². The lowest BCUT2D eigenvalue weighted by Gasteiger charge is -2.12. The molecule has 2 aromatic heterocycles. The summed E-state index contributed by atoms with van der Waals surface area (Å²) in [4.78, 5) is 11.7. The van der Waals surface area contributed by atoms with Crippen LogP contribution in [-0.2, 0) is 6.54 Å². The van der Waals surface area contributed by atoms with Crippen LogP contribution in [0.2, 0.25) is 0 Å². The van der Waals surface area contributed by atoms with E-state index in [-0.39, 0.29) is 0 Å². The molecule has 0 aliphatic carbocycles. The Morgan fingerprint density at radius 3 is 2.94 bits per heavy atom. The summed E-state index contributed by atoms with van der Waals surface area (Å²) < 4.78 is 0. The smallest absolute Gasteiger partial charge is 0.130 e. The highest BCUT2D eigenvalue weighted by atomic mass is 32.1. The lowest BCUT2D eigenvalue weighted by molar-refractivity contribution is 1.05. The number of hydrogen-bond acceptors (Lipinski definition) is 5. The van der Waals surface area contributed by atoms with Crippen LogP contribution in [0, 0.1) is 0 Å². The van der Waals surface area contributed by atoms with Gasteiger partial charge >= 0.3 is 0 Å². The molecule has 2 aromatic rings. The first-order valence-corrected chi connectivity index (χ1v) is 5.89. The second kappa shape index (κ2) is 4.94. The summed E-state index contributed by atoms with van der Waals surface area (Å²) in [6.45, 7) is 0.772. The number of nitrogens with one attached hydrogen (secondary N) is 1. The average molecular weight is 234 g/mol. The zero-order valence-corrected chi connectivity index (χ0v) is 10.2. The summed E-state index contributed by atoms with van der Waals surface area (Å²) in [5.41, 5.74) is 1.83. The predicted molar refractivity (Wildman–Crippen MR) is 68.0 cm³/mol. The highest BCUT2D eigenvalue weighted by Gasteiger charge is 1.99.